The van der Waals surface area contributed by atoms with Crippen molar-refractivity contribution in [3.8, 4) is 0 Å². The van der Waals surface area contributed by atoms with E-state index in [1.807, 2.05) is 11.8 Å². The molecular formula is C10H19NOS. The predicted molar refractivity (Wildman–Crippen MR) is 57.1 cm³/mol. The second kappa shape index (κ2) is 3.44. The van der Waals surface area contributed by atoms with Crippen LogP contribution in [0.4, 0.5) is 0 Å². The molecule has 2 nitrogen and oxygen atoms in total. The average molecular weight is 201 g/mol. The summed E-state index contributed by atoms with van der Waals surface area (Å²) in [5.74, 6) is 2.42. The van der Waals surface area contributed by atoms with Gasteiger partial charge in [0.1, 0.15) is 5.72 Å². The molecule has 76 valence electrons. The van der Waals surface area contributed by atoms with Crippen molar-refractivity contribution in [1.82, 2.24) is 5.32 Å². The minimum absolute atomic E-state index is 0.00463. The van der Waals surface area contributed by atoms with Gasteiger partial charge >= 0.3 is 0 Å². The molecule has 0 radical (unpaired) electrons. The summed E-state index contributed by atoms with van der Waals surface area (Å²) in [6.07, 6.45) is 3.59. The van der Waals surface area contributed by atoms with Crippen LogP contribution in [0, 0.1) is 0 Å². The third-order valence-electron chi connectivity index (χ3n) is 2.85. The summed E-state index contributed by atoms with van der Waals surface area (Å²) in [7, 11) is 0. The van der Waals surface area contributed by atoms with Crippen molar-refractivity contribution in [2.45, 2.75) is 44.4 Å². The normalized spacial score (nSPS) is 39.2. The summed E-state index contributed by atoms with van der Waals surface area (Å²) in [6, 6.07) is 0. The summed E-state index contributed by atoms with van der Waals surface area (Å²) < 4.78 is 6.17. The van der Waals surface area contributed by atoms with Crippen LogP contribution in [0.25, 0.3) is 0 Å². The molecule has 2 saturated heterocycles. The molecule has 2 heterocycles. The lowest BCUT2D eigenvalue weighted by atomic mass is 9.98. The van der Waals surface area contributed by atoms with E-state index in [1.165, 1.54) is 18.6 Å². The van der Waals surface area contributed by atoms with Gasteiger partial charge in [-0.1, -0.05) is 0 Å². The number of rotatable bonds is 0. The molecule has 0 saturated carbocycles. The quantitative estimate of drug-likeness (QED) is 0.647. The van der Waals surface area contributed by atoms with Crippen LogP contribution < -0.4 is 5.32 Å². The number of nitrogens with one attached hydrogen (secondary N) is 1. The molecule has 2 rings (SSSR count). The van der Waals surface area contributed by atoms with E-state index in [0.29, 0.717) is 0 Å². The first-order valence-electron chi connectivity index (χ1n) is 5.15. The van der Waals surface area contributed by atoms with Crippen LogP contribution in [0.2, 0.25) is 0 Å². The van der Waals surface area contributed by atoms with Crippen molar-refractivity contribution >= 4 is 11.8 Å². The number of ether oxygens (including phenoxy) is 1. The lowest BCUT2D eigenvalue weighted by Gasteiger charge is -2.47. The Morgan fingerprint density at radius 2 is 2.15 bits per heavy atom. The van der Waals surface area contributed by atoms with Gasteiger partial charge < -0.3 is 4.74 Å². The third kappa shape index (κ3) is 2.20. The largest absolute Gasteiger partial charge is 0.354 e. The van der Waals surface area contributed by atoms with Crippen molar-refractivity contribution in [1.29, 1.82) is 0 Å². The molecule has 1 atom stereocenters. The Morgan fingerprint density at radius 3 is 2.77 bits per heavy atom. The number of thioether (sulfide) groups is 1. The first-order chi connectivity index (χ1) is 6.12. The van der Waals surface area contributed by atoms with Crippen molar-refractivity contribution in [2.75, 3.05) is 18.1 Å². The van der Waals surface area contributed by atoms with Crippen LogP contribution in [0.5, 0.6) is 0 Å². The zero-order valence-corrected chi connectivity index (χ0v) is 9.38. The minimum atomic E-state index is 0.00463. The lowest BCUT2D eigenvalue weighted by molar-refractivity contribution is -0.177. The van der Waals surface area contributed by atoms with Crippen LogP contribution in [0.1, 0.15) is 33.1 Å². The maximum absolute atomic E-state index is 6.17. The van der Waals surface area contributed by atoms with Gasteiger partial charge in [0.2, 0.25) is 0 Å². The van der Waals surface area contributed by atoms with Crippen molar-refractivity contribution < 1.29 is 4.74 Å². The van der Waals surface area contributed by atoms with Crippen LogP contribution >= 0.6 is 11.8 Å². The number of hydrogen-bond acceptors (Lipinski definition) is 3. The van der Waals surface area contributed by atoms with Gasteiger partial charge in [-0.2, -0.15) is 11.8 Å². The van der Waals surface area contributed by atoms with Gasteiger partial charge in [0.25, 0.3) is 0 Å². The van der Waals surface area contributed by atoms with E-state index in [1.54, 1.807) is 0 Å². The molecule has 0 amide bonds. The van der Waals surface area contributed by atoms with E-state index in [9.17, 15) is 0 Å². The summed E-state index contributed by atoms with van der Waals surface area (Å²) in [6.45, 7) is 5.51. The maximum Gasteiger partial charge on any atom is 0.129 e. The first kappa shape index (κ1) is 9.81. The smallest absolute Gasteiger partial charge is 0.129 e. The maximum atomic E-state index is 6.17. The Kier molecular flexibility index (Phi) is 2.60. The highest BCUT2D eigenvalue weighted by atomic mass is 32.2. The summed E-state index contributed by atoms with van der Waals surface area (Å²) >= 11 is 2.01. The van der Waals surface area contributed by atoms with E-state index in [-0.39, 0.29) is 11.3 Å². The Balaban J connectivity index is 2.04. The zero-order chi connectivity index (χ0) is 9.36. The van der Waals surface area contributed by atoms with E-state index in [4.69, 9.17) is 4.74 Å². The Bertz CT molecular complexity index is 182. The Hall–Kier alpha value is 0.270. The molecule has 2 aliphatic heterocycles. The summed E-state index contributed by atoms with van der Waals surface area (Å²) in [5.41, 5.74) is 0.0772. The summed E-state index contributed by atoms with van der Waals surface area (Å²) in [4.78, 5) is 0. The van der Waals surface area contributed by atoms with E-state index in [0.717, 1.165) is 18.7 Å². The highest BCUT2D eigenvalue weighted by molar-refractivity contribution is 7.99. The fourth-order valence-electron chi connectivity index (χ4n) is 2.20. The van der Waals surface area contributed by atoms with Gasteiger partial charge in [0.05, 0.1) is 5.60 Å². The third-order valence-corrected chi connectivity index (χ3v) is 4.10. The second-order valence-corrected chi connectivity index (χ2v) is 5.79. The summed E-state index contributed by atoms with van der Waals surface area (Å²) in [5, 5.41) is 3.55. The van der Waals surface area contributed by atoms with Gasteiger partial charge in [-0.15, -0.1) is 0 Å². The number of hydrogen-bond donors (Lipinski definition) is 1. The van der Waals surface area contributed by atoms with E-state index in [2.05, 4.69) is 19.2 Å². The molecule has 1 unspecified atom stereocenters. The average Bonchev–Trinajstić information content (AvgIpc) is 2.03. The molecule has 0 aromatic rings. The molecule has 0 aromatic carbocycles. The van der Waals surface area contributed by atoms with Gasteiger partial charge in [0, 0.05) is 12.3 Å². The highest BCUT2D eigenvalue weighted by Gasteiger charge is 2.41. The molecular weight excluding hydrogens is 182 g/mol. The standard InChI is InChI=1S/C10H19NOS/c1-9(2)5-6-11-10(12-9)4-3-7-13-8-10/h11H,3-8H2,1-2H3. The molecule has 2 fully saturated rings. The molecule has 0 aliphatic carbocycles. The molecule has 1 spiro atoms. The van der Waals surface area contributed by atoms with Crippen LogP contribution in [-0.2, 0) is 4.74 Å². The molecule has 13 heavy (non-hydrogen) atoms. The van der Waals surface area contributed by atoms with E-state index < -0.39 is 0 Å². The van der Waals surface area contributed by atoms with Crippen LogP contribution in [0.15, 0.2) is 0 Å². The fourth-order valence-corrected chi connectivity index (χ4v) is 3.32. The van der Waals surface area contributed by atoms with Gasteiger partial charge in [0.15, 0.2) is 0 Å². The van der Waals surface area contributed by atoms with Crippen molar-refractivity contribution in [3.63, 3.8) is 0 Å². The molecule has 3 heteroatoms. The van der Waals surface area contributed by atoms with Crippen LogP contribution in [0.3, 0.4) is 0 Å². The van der Waals surface area contributed by atoms with Gasteiger partial charge in [-0.25, -0.2) is 0 Å². The second-order valence-electron chi connectivity index (χ2n) is 4.69. The zero-order valence-electron chi connectivity index (χ0n) is 8.56. The van der Waals surface area contributed by atoms with Crippen LogP contribution in [-0.4, -0.2) is 29.4 Å². The Labute approximate surface area is 84.8 Å². The molecule has 0 aromatic heterocycles. The van der Waals surface area contributed by atoms with Gasteiger partial charge in [-0.3, -0.25) is 5.32 Å². The van der Waals surface area contributed by atoms with Gasteiger partial charge in [-0.05, 0) is 38.9 Å². The van der Waals surface area contributed by atoms with Crippen molar-refractivity contribution in [3.05, 3.63) is 0 Å². The van der Waals surface area contributed by atoms with E-state index >= 15 is 0 Å². The highest BCUT2D eigenvalue weighted by Crippen LogP contribution is 2.35. The predicted octanol–water partition coefficient (Wildman–Crippen LogP) is 2.00. The minimum Gasteiger partial charge on any atom is -0.354 e. The molecule has 2 aliphatic rings. The van der Waals surface area contributed by atoms with Crippen molar-refractivity contribution in [2.24, 2.45) is 0 Å². The lowest BCUT2D eigenvalue weighted by Crippen LogP contribution is -2.60. The fraction of sp³-hybridized carbons (Fsp3) is 1.00. The molecule has 0 bridgehead atoms. The first-order valence-corrected chi connectivity index (χ1v) is 6.30. The molecule has 1 N–H and O–H groups in total. The SMILES string of the molecule is CC1(C)CCNC2(CCCSC2)O1. The topological polar surface area (TPSA) is 21.3 Å². The monoisotopic (exact) mass is 201 g/mol. The Morgan fingerprint density at radius 1 is 1.31 bits per heavy atom.